The molecule has 0 unspecified atom stereocenters. The number of ether oxygens (including phenoxy) is 5. The first-order valence-electron chi connectivity index (χ1n) is 7.60. The topological polar surface area (TPSA) is 83.5 Å². The van der Waals surface area contributed by atoms with Crippen molar-refractivity contribution in [3.63, 3.8) is 0 Å². The molecule has 7 heteroatoms. The van der Waals surface area contributed by atoms with Gasteiger partial charge < -0.3 is 28.8 Å². The maximum Gasteiger partial charge on any atom is 0.340 e. The maximum absolute atomic E-state index is 11.7. The van der Waals surface area contributed by atoms with Gasteiger partial charge in [-0.25, -0.2) is 4.79 Å². The first-order valence-corrected chi connectivity index (χ1v) is 7.60. The third-order valence-corrected chi connectivity index (χ3v) is 2.64. The minimum atomic E-state index is -1.70. The average Bonchev–Trinajstić information content (AvgIpc) is 2.47. The van der Waals surface area contributed by atoms with Crippen LogP contribution in [0.2, 0.25) is 0 Å². The van der Waals surface area contributed by atoms with Crippen LogP contribution in [-0.4, -0.2) is 56.2 Å². The number of rotatable bonds is 13. The first kappa shape index (κ1) is 20.9. The van der Waals surface area contributed by atoms with Crippen LogP contribution < -0.4 is 0 Å². The third-order valence-electron chi connectivity index (χ3n) is 2.64. The quantitative estimate of drug-likeness (QED) is 0.316. The molecule has 0 saturated carbocycles. The molecular weight excluding hydrogens is 292 g/mol. The number of carboxylic acid groups (broad SMARTS) is 1. The number of carbonyl (C=O) groups is 1. The number of carboxylic acids is 1. The molecule has 0 aliphatic carbocycles. The summed E-state index contributed by atoms with van der Waals surface area (Å²) in [5.41, 5.74) is -0.204. The second kappa shape index (κ2) is 11.4. The summed E-state index contributed by atoms with van der Waals surface area (Å²) in [4.78, 5) is 11.7. The van der Waals surface area contributed by atoms with Gasteiger partial charge in [-0.3, -0.25) is 0 Å². The van der Waals surface area contributed by atoms with Gasteiger partial charge in [0, 0.05) is 26.4 Å². The molecular formula is C15H28O7. The van der Waals surface area contributed by atoms with Gasteiger partial charge in [0.25, 0.3) is 5.79 Å². The molecule has 0 aromatic rings. The highest BCUT2D eigenvalue weighted by atomic mass is 16.8. The lowest BCUT2D eigenvalue weighted by atomic mass is 10.1. The van der Waals surface area contributed by atoms with Crippen LogP contribution in [0.5, 0.6) is 0 Å². The van der Waals surface area contributed by atoms with E-state index in [9.17, 15) is 9.90 Å². The lowest BCUT2D eigenvalue weighted by Crippen LogP contribution is -2.53. The van der Waals surface area contributed by atoms with Crippen LogP contribution in [0.25, 0.3) is 0 Å². The molecule has 0 atom stereocenters. The van der Waals surface area contributed by atoms with Crippen molar-refractivity contribution < 1.29 is 33.6 Å². The maximum atomic E-state index is 11.7. The highest BCUT2D eigenvalue weighted by Crippen LogP contribution is 2.31. The highest BCUT2D eigenvalue weighted by Gasteiger charge is 2.50. The van der Waals surface area contributed by atoms with Crippen molar-refractivity contribution >= 4 is 5.97 Å². The van der Waals surface area contributed by atoms with E-state index in [2.05, 4.69) is 0 Å². The molecule has 0 fully saturated rings. The van der Waals surface area contributed by atoms with E-state index in [0.29, 0.717) is 19.8 Å². The van der Waals surface area contributed by atoms with E-state index >= 15 is 0 Å². The molecule has 130 valence electrons. The van der Waals surface area contributed by atoms with Crippen LogP contribution in [0.4, 0.5) is 0 Å². The Labute approximate surface area is 132 Å². The first-order chi connectivity index (χ1) is 10.5. The van der Waals surface area contributed by atoms with E-state index in [4.69, 9.17) is 23.7 Å². The average molecular weight is 320 g/mol. The fraction of sp³-hybridized carbons (Fsp3) is 0.800. The number of hydrogen-bond donors (Lipinski definition) is 1. The number of aliphatic carboxylic acids is 1. The highest BCUT2D eigenvalue weighted by molar-refractivity contribution is 5.88. The molecule has 7 nitrogen and oxygen atoms in total. The third kappa shape index (κ3) is 5.57. The lowest BCUT2D eigenvalue weighted by Gasteiger charge is -2.38. The summed E-state index contributed by atoms with van der Waals surface area (Å²) in [6.07, 6.45) is 0.101. The van der Waals surface area contributed by atoms with Crippen LogP contribution in [0.3, 0.4) is 0 Å². The molecule has 0 rings (SSSR count). The minimum Gasteiger partial charge on any atom is -0.501 e. The molecule has 0 saturated heterocycles. The standard InChI is InChI=1S/C15H28O7/c1-6-18-11-12(13(16)17)15(21-9-4,22-10-5)14(19-7-2)20-8-3/h11,14H,6-10H2,1-5H3,(H,16,17). The van der Waals surface area contributed by atoms with Gasteiger partial charge in [0.1, 0.15) is 5.57 Å². The van der Waals surface area contributed by atoms with Gasteiger partial charge in [0.05, 0.1) is 12.9 Å². The van der Waals surface area contributed by atoms with E-state index in [1.165, 1.54) is 0 Å². The van der Waals surface area contributed by atoms with Gasteiger partial charge in [-0.1, -0.05) is 0 Å². The molecule has 0 amide bonds. The Hall–Kier alpha value is -1.15. The second-order valence-corrected chi connectivity index (χ2v) is 4.07. The van der Waals surface area contributed by atoms with Gasteiger partial charge in [-0.05, 0) is 34.6 Å². The molecule has 1 N–H and O–H groups in total. The van der Waals surface area contributed by atoms with Crippen LogP contribution >= 0.6 is 0 Å². The monoisotopic (exact) mass is 320 g/mol. The molecule has 0 bridgehead atoms. The molecule has 0 aliphatic heterocycles. The number of hydrogen-bond acceptors (Lipinski definition) is 6. The zero-order valence-corrected chi connectivity index (χ0v) is 14.1. The van der Waals surface area contributed by atoms with E-state index in [-0.39, 0.29) is 18.8 Å². The minimum absolute atomic E-state index is 0.204. The van der Waals surface area contributed by atoms with Crippen LogP contribution in [0, 0.1) is 0 Å². The predicted octanol–water partition coefficient (Wildman–Crippen LogP) is 2.16. The summed E-state index contributed by atoms with van der Waals surface area (Å²) in [5.74, 6) is -2.92. The Bertz CT molecular complexity index is 329. The summed E-state index contributed by atoms with van der Waals surface area (Å²) in [7, 11) is 0. The van der Waals surface area contributed by atoms with Crippen molar-refractivity contribution in [1.82, 2.24) is 0 Å². The van der Waals surface area contributed by atoms with Gasteiger partial charge >= 0.3 is 5.97 Å². The Morgan fingerprint density at radius 3 is 1.77 bits per heavy atom. The molecule has 0 aliphatic rings. The van der Waals surface area contributed by atoms with Gasteiger partial charge in [0.2, 0.25) is 6.29 Å². The van der Waals surface area contributed by atoms with Gasteiger partial charge in [0.15, 0.2) is 0 Å². The Morgan fingerprint density at radius 1 is 0.955 bits per heavy atom. The summed E-state index contributed by atoms with van der Waals surface area (Å²) >= 11 is 0. The van der Waals surface area contributed by atoms with Crippen LogP contribution in [0.15, 0.2) is 11.8 Å². The van der Waals surface area contributed by atoms with E-state index in [1.807, 2.05) is 0 Å². The van der Waals surface area contributed by atoms with Gasteiger partial charge in [-0.15, -0.1) is 0 Å². The van der Waals surface area contributed by atoms with E-state index < -0.39 is 18.0 Å². The van der Waals surface area contributed by atoms with E-state index in [0.717, 1.165) is 6.26 Å². The van der Waals surface area contributed by atoms with Gasteiger partial charge in [-0.2, -0.15) is 0 Å². The molecule has 0 aromatic carbocycles. The normalized spacial score (nSPS) is 12.7. The molecule has 0 heterocycles. The smallest absolute Gasteiger partial charge is 0.340 e. The summed E-state index contributed by atoms with van der Waals surface area (Å²) < 4.78 is 27.5. The van der Waals surface area contributed by atoms with Crippen molar-refractivity contribution in [2.45, 2.75) is 46.7 Å². The van der Waals surface area contributed by atoms with Crippen molar-refractivity contribution in [2.24, 2.45) is 0 Å². The molecule has 22 heavy (non-hydrogen) atoms. The fourth-order valence-electron chi connectivity index (χ4n) is 1.91. The summed E-state index contributed by atoms with van der Waals surface area (Å²) in [6, 6.07) is 0. The summed E-state index contributed by atoms with van der Waals surface area (Å²) in [5, 5.41) is 9.55. The second-order valence-electron chi connectivity index (χ2n) is 4.07. The van der Waals surface area contributed by atoms with Crippen molar-refractivity contribution in [3.05, 3.63) is 11.8 Å². The Balaban J connectivity index is 5.92. The molecule has 0 spiro atoms. The van der Waals surface area contributed by atoms with Crippen molar-refractivity contribution in [1.29, 1.82) is 0 Å². The van der Waals surface area contributed by atoms with Crippen LogP contribution in [-0.2, 0) is 28.5 Å². The molecule has 0 aromatic heterocycles. The predicted molar refractivity (Wildman–Crippen MR) is 80.4 cm³/mol. The fourth-order valence-corrected chi connectivity index (χ4v) is 1.91. The lowest BCUT2D eigenvalue weighted by molar-refractivity contribution is -0.331. The van der Waals surface area contributed by atoms with Crippen LogP contribution in [0.1, 0.15) is 34.6 Å². The van der Waals surface area contributed by atoms with Crippen molar-refractivity contribution in [3.8, 4) is 0 Å². The SMILES string of the molecule is CCOC=C(C(=O)O)C(OCC)(OCC)C(OCC)OCC. The Morgan fingerprint density at radius 2 is 1.45 bits per heavy atom. The Kier molecular flexibility index (Phi) is 10.8. The zero-order valence-electron chi connectivity index (χ0n) is 14.1. The molecule has 0 radical (unpaired) electrons. The zero-order chi connectivity index (χ0) is 17.0. The van der Waals surface area contributed by atoms with Crippen molar-refractivity contribution in [2.75, 3.05) is 33.0 Å². The van der Waals surface area contributed by atoms with E-state index in [1.54, 1.807) is 34.6 Å². The largest absolute Gasteiger partial charge is 0.501 e. The summed E-state index contributed by atoms with van der Waals surface area (Å²) in [6.45, 7) is 10.2.